The summed E-state index contributed by atoms with van der Waals surface area (Å²) in [5, 5.41) is 1.32. The molecular weight excluding hydrogens is 463 g/mol. The van der Waals surface area contributed by atoms with Crippen molar-refractivity contribution >= 4 is 38.9 Å². The monoisotopic (exact) mass is 486 g/mol. The fourth-order valence-electron chi connectivity index (χ4n) is 4.18. The number of likely N-dealkylation sites (tertiary alicyclic amines) is 1. The van der Waals surface area contributed by atoms with Crippen molar-refractivity contribution in [2.45, 2.75) is 19.0 Å². The predicted octanol–water partition coefficient (Wildman–Crippen LogP) is 6.06. The van der Waals surface area contributed by atoms with E-state index in [0.29, 0.717) is 22.3 Å². The van der Waals surface area contributed by atoms with Crippen LogP contribution in [0.3, 0.4) is 0 Å². The van der Waals surface area contributed by atoms with E-state index >= 15 is 0 Å². The lowest BCUT2D eigenvalue weighted by Gasteiger charge is -2.51. The Kier molecular flexibility index (Phi) is 6.26. The minimum absolute atomic E-state index is 0.132. The summed E-state index contributed by atoms with van der Waals surface area (Å²) in [5.41, 5.74) is 4.47. The van der Waals surface area contributed by atoms with E-state index in [1.807, 2.05) is 79.7 Å². The number of sulfonamides is 1. The number of halogens is 2. The van der Waals surface area contributed by atoms with Crippen molar-refractivity contribution < 1.29 is 8.42 Å². The number of aryl methyl sites for hydroxylation is 1. The fourth-order valence-corrected chi connectivity index (χ4v) is 5.58. The van der Waals surface area contributed by atoms with Crippen molar-refractivity contribution in [2.75, 3.05) is 17.1 Å². The average Bonchev–Trinajstić information content (AvgIpc) is 2.74. The van der Waals surface area contributed by atoms with Gasteiger partial charge in [0.25, 0.3) is 0 Å². The normalized spacial score (nSPS) is 16.2. The molecule has 0 N–H and O–H groups in total. The van der Waals surface area contributed by atoms with E-state index in [1.54, 1.807) is 0 Å². The van der Waals surface area contributed by atoms with Gasteiger partial charge in [-0.2, -0.15) is 0 Å². The first kappa shape index (κ1) is 22.7. The van der Waals surface area contributed by atoms with Gasteiger partial charge in [-0.1, -0.05) is 66.2 Å². The fraction of sp³-hybridized carbons (Fsp3) is 0.200. The van der Waals surface area contributed by atoms with E-state index in [9.17, 15) is 8.42 Å². The average molecular weight is 487 g/mol. The molecule has 1 heterocycles. The number of anilines is 1. The molecule has 0 saturated carbocycles. The van der Waals surface area contributed by atoms with Crippen molar-refractivity contribution in [3.8, 4) is 0 Å². The van der Waals surface area contributed by atoms with Gasteiger partial charge in [0.2, 0.25) is 10.0 Å². The number of hydrogen-bond donors (Lipinski definition) is 0. The third-order valence-corrected chi connectivity index (χ3v) is 7.39. The summed E-state index contributed by atoms with van der Waals surface area (Å²) < 4.78 is 27.0. The van der Waals surface area contributed by atoms with Gasteiger partial charge in [0.1, 0.15) is 6.04 Å². The Morgan fingerprint density at radius 3 is 1.94 bits per heavy atom. The van der Waals surface area contributed by atoms with Crippen LogP contribution in [-0.4, -0.2) is 32.2 Å². The maximum atomic E-state index is 12.8. The Hall–Kier alpha value is -2.47. The summed E-state index contributed by atoms with van der Waals surface area (Å²) in [7, 11) is -3.51. The molecule has 0 aromatic heterocycles. The molecule has 3 aromatic carbocycles. The van der Waals surface area contributed by atoms with Crippen LogP contribution in [0.5, 0.6) is 0 Å². The van der Waals surface area contributed by atoms with Crippen LogP contribution >= 0.6 is 23.2 Å². The van der Waals surface area contributed by atoms with Gasteiger partial charge in [0, 0.05) is 22.3 Å². The lowest BCUT2D eigenvalue weighted by molar-refractivity contribution is 0.187. The summed E-state index contributed by atoms with van der Waals surface area (Å²) in [6, 6.07) is 22.4. The molecule has 0 bridgehead atoms. The van der Waals surface area contributed by atoms with Crippen LogP contribution in [0.15, 0.2) is 85.1 Å². The number of rotatable bonds is 6. The molecule has 0 amide bonds. The lowest BCUT2D eigenvalue weighted by atomic mass is 9.91. The summed E-state index contributed by atoms with van der Waals surface area (Å²) in [5.74, 6) is 0. The minimum atomic E-state index is -3.51. The molecule has 1 fully saturated rings. The van der Waals surface area contributed by atoms with Gasteiger partial charge in [0.05, 0.1) is 18.0 Å². The SMILES string of the molecule is C=C1C(N(c2cccc(C)c2)S(C)(=O)=O)CN1C(c1ccc(Cl)cc1)c1ccc(Cl)cc1. The van der Waals surface area contributed by atoms with Gasteiger partial charge in [-0.25, -0.2) is 8.42 Å². The molecule has 0 spiro atoms. The lowest BCUT2D eigenvalue weighted by Crippen LogP contribution is -2.59. The molecule has 32 heavy (non-hydrogen) atoms. The third-order valence-electron chi connectivity index (χ3n) is 5.70. The highest BCUT2D eigenvalue weighted by Crippen LogP contribution is 2.41. The zero-order chi connectivity index (χ0) is 23.0. The van der Waals surface area contributed by atoms with Crippen molar-refractivity contribution in [2.24, 2.45) is 0 Å². The van der Waals surface area contributed by atoms with Crippen molar-refractivity contribution in [1.82, 2.24) is 4.90 Å². The summed E-state index contributed by atoms with van der Waals surface area (Å²) in [4.78, 5) is 2.13. The Balaban J connectivity index is 1.70. The van der Waals surface area contributed by atoms with Gasteiger partial charge in [-0.3, -0.25) is 4.31 Å². The van der Waals surface area contributed by atoms with E-state index in [2.05, 4.69) is 11.5 Å². The van der Waals surface area contributed by atoms with Crippen LogP contribution < -0.4 is 4.31 Å². The Morgan fingerprint density at radius 1 is 0.969 bits per heavy atom. The topological polar surface area (TPSA) is 40.6 Å². The number of hydrogen-bond acceptors (Lipinski definition) is 3. The quantitative estimate of drug-likeness (QED) is 0.425. The zero-order valence-electron chi connectivity index (χ0n) is 17.9. The first-order valence-electron chi connectivity index (χ1n) is 10.2. The van der Waals surface area contributed by atoms with Crippen LogP contribution in [0.1, 0.15) is 22.7 Å². The molecule has 1 unspecified atom stereocenters. The molecule has 166 valence electrons. The molecule has 1 atom stereocenters. The Labute approximate surface area is 199 Å². The van der Waals surface area contributed by atoms with Crippen LogP contribution in [0.2, 0.25) is 10.0 Å². The predicted molar refractivity (Wildman–Crippen MR) is 133 cm³/mol. The second-order valence-corrected chi connectivity index (χ2v) is 10.8. The standard InChI is InChI=1S/C25H24Cl2N2O2S/c1-17-5-4-6-23(15-17)29(32(3,30)31)24-16-28(18(24)2)25(19-7-11-21(26)12-8-19)20-9-13-22(27)14-10-20/h4-15,24-25H,2,16H2,1,3H3. The van der Waals surface area contributed by atoms with E-state index in [1.165, 1.54) is 10.6 Å². The van der Waals surface area contributed by atoms with E-state index in [0.717, 1.165) is 22.4 Å². The number of benzene rings is 3. The van der Waals surface area contributed by atoms with Crippen LogP contribution in [0.4, 0.5) is 5.69 Å². The van der Waals surface area contributed by atoms with Gasteiger partial charge in [0.15, 0.2) is 0 Å². The van der Waals surface area contributed by atoms with E-state index in [-0.39, 0.29) is 12.1 Å². The first-order chi connectivity index (χ1) is 15.1. The Bertz CT molecular complexity index is 1200. The second kappa shape index (κ2) is 8.81. The molecular formula is C25H24Cl2N2O2S. The molecule has 3 aromatic rings. The number of nitrogens with zero attached hydrogens (tertiary/aromatic N) is 2. The molecule has 7 heteroatoms. The molecule has 1 aliphatic heterocycles. The first-order valence-corrected chi connectivity index (χ1v) is 12.8. The molecule has 1 saturated heterocycles. The summed E-state index contributed by atoms with van der Waals surface area (Å²) in [6.45, 7) is 6.74. The smallest absolute Gasteiger partial charge is 0.232 e. The Morgan fingerprint density at radius 2 is 1.50 bits per heavy atom. The highest BCUT2D eigenvalue weighted by Gasteiger charge is 2.43. The van der Waals surface area contributed by atoms with Gasteiger partial charge < -0.3 is 4.90 Å². The van der Waals surface area contributed by atoms with Gasteiger partial charge in [-0.05, 0) is 60.0 Å². The van der Waals surface area contributed by atoms with Crippen molar-refractivity contribution in [1.29, 1.82) is 0 Å². The van der Waals surface area contributed by atoms with Crippen molar-refractivity contribution in [3.05, 3.63) is 112 Å². The van der Waals surface area contributed by atoms with Crippen molar-refractivity contribution in [3.63, 3.8) is 0 Å². The molecule has 0 aliphatic carbocycles. The maximum Gasteiger partial charge on any atom is 0.232 e. The highest BCUT2D eigenvalue weighted by molar-refractivity contribution is 7.92. The third kappa shape index (κ3) is 4.51. The highest BCUT2D eigenvalue weighted by atomic mass is 35.5. The zero-order valence-corrected chi connectivity index (χ0v) is 20.2. The molecule has 4 rings (SSSR count). The van der Waals surface area contributed by atoms with E-state index in [4.69, 9.17) is 23.2 Å². The summed E-state index contributed by atoms with van der Waals surface area (Å²) in [6.07, 6.45) is 1.24. The van der Waals surface area contributed by atoms with Gasteiger partial charge in [-0.15, -0.1) is 0 Å². The van der Waals surface area contributed by atoms with Crippen LogP contribution in [-0.2, 0) is 10.0 Å². The van der Waals surface area contributed by atoms with Gasteiger partial charge >= 0.3 is 0 Å². The minimum Gasteiger partial charge on any atom is -0.360 e. The maximum absolute atomic E-state index is 12.8. The van der Waals surface area contributed by atoms with Crippen LogP contribution in [0, 0.1) is 6.92 Å². The molecule has 4 nitrogen and oxygen atoms in total. The summed E-state index contributed by atoms with van der Waals surface area (Å²) >= 11 is 12.2. The second-order valence-electron chi connectivity index (χ2n) is 8.06. The van der Waals surface area contributed by atoms with E-state index < -0.39 is 10.0 Å². The molecule has 1 aliphatic rings. The van der Waals surface area contributed by atoms with Crippen LogP contribution in [0.25, 0.3) is 0 Å². The largest absolute Gasteiger partial charge is 0.360 e. The molecule has 0 radical (unpaired) electrons.